The van der Waals surface area contributed by atoms with Crippen molar-refractivity contribution in [2.75, 3.05) is 6.61 Å². The lowest BCUT2D eigenvalue weighted by Crippen LogP contribution is -2.27. The van der Waals surface area contributed by atoms with Crippen LogP contribution in [0, 0.1) is 40.5 Å². The lowest BCUT2D eigenvalue weighted by atomic mass is 9.85. The number of carbonyl (C=O) groups excluding carboxylic acids is 1. The summed E-state index contributed by atoms with van der Waals surface area (Å²) < 4.78 is 5.65. The fourth-order valence-electron chi connectivity index (χ4n) is 3.04. The normalized spacial score (nSPS) is 22.8. The topological polar surface area (TPSA) is 26.3 Å². The minimum Gasteiger partial charge on any atom is -0.370 e. The van der Waals surface area contributed by atoms with Gasteiger partial charge < -0.3 is 4.74 Å². The molecule has 19 heavy (non-hydrogen) atoms. The molecule has 2 heteroatoms. The lowest BCUT2D eigenvalue weighted by molar-refractivity contribution is 0.0578. The predicted octanol–water partition coefficient (Wildman–Crippen LogP) is 3.84. The van der Waals surface area contributed by atoms with Gasteiger partial charge in [0.25, 0.3) is 0 Å². The van der Waals surface area contributed by atoms with Gasteiger partial charge in [-0.3, -0.25) is 4.79 Å². The summed E-state index contributed by atoms with van der Waals surface area (Å²) >= 11 is 0. The molecular weight excluding hydrogens is 236 g/mol. The average molecular weight is 260 g/mol. The van der Waals surface area contributed by atoms with Crippen molar-refractivity contribution in [3.63, 3.8) is 0 Å². The molecule has 0 aliphatic carbocycles. The van der Waals surface area contributed by atoms with E-state index in [2.05, 4.69) is 41.5 Å². The van der Waals surface area contributed by atoms with Crippen LogP contribution in [0.4, 0.5) is 0 Å². The molecule has 2 rings (SSSR count). The molecule has 1 heterocycles. The summed E-state index contributed by atoms with van der Waals surface area (Å²) in [5.74, 6) is 0.499. The molecule has 2 atom stereocenters. The van der Waals surface area contributed by atoms with Crippen LogP contribution in [-0.2, 0) is 4.74 Å². The number of benzene rings is 1. The number of ketones is 1. The van der Waals surface area contributed by atoms with Crippen molar-refractivity contribution in [3.8, 4) is 0 Å². The first-order valence-electron chi connectivity index (χ1n) is 7.09. The van der Waals surface area contributed by atoms with Crippen LogP contribution >= 0.6 is 0 Å². The van der Waals surface area contributed by atoms with Crippen LogP contribution in [0.3, 0.4) is 0 Å². The van der Waals surface area contributed by atoms with Crippen LogP contribution in [0.2, 0.25) is 0 Å². The minimum absolute atomic E-state index is 0.172. The number of carbonyl (C=O) groups is 1. The summed E-state index contributed by atoms with van der Waals surface area (Å²) in [7, 11) is 0. The first-order chi connectivity index (χ1) is 8.86. The number of hydrogen-bond donors (Lipinski definition) is 0. The predicted molar refractivity (Wildman–Crippen MR) is 78.0 cm³/mol. The standard InChI is InChI=1S/C17H24O2/c1-9-7-8-19-17(9)16(18)15-13(5)11(3)10(2)12(4)14(15)6/h9,17H,7-8H2,1-6H3. The molecule has 1 aliphatic rings. The van der Waals surface area contributed by atoms with E-state index in [1.54, 1.807) is 0 Å². The van der Waals surface area contributed by atoms with Crippen molar-refractivity contribution in [2.45, 2.75) is 54.1 Å². The van der Waals surface area contributed by atoms with Crippen LogP contribution in [-0.4, -0.2) is 18.5 Å². The van der Waals surface area contributed by atoms with Crippen LogP contribution < -0.4 is 0 Å². The third kappa shape index (κ3) is 2.23. The fourth-order valence-corrected chi connectivity index (χ4v) is 3.04. The van der Waals surface area contributed by atoms with Gasteiger partial charge in [0.1, 0.15) is 6.10 Å². The third-order valence-corrected chi connectivity index (χ3v) is 4.89. The Kier molecular flexibility index (Phi) is 3.82. The molecule has 0 saturated carbocycles. The fraction of sp³-hybridized carbons (Fsp3) is 0.588. The summed E-state index contributed by atoms with van der Waals surface area (Å²) in [6.45, 7) is 13.3. The molecule has 0 spiro atoms. The van der Waals surface area contributed by atoms with E-state index in [4.69, 9.17) is 4.74 Å². The monoisotopic (exact) mass is 260 g/mol. The zero-order valence-electron chi connectivity index (χ0n) is 12.9. The van der Waals surface area contributed by atoms with E-state index < -0.39 is 0 Å². The van der Waals surface area contributed by atoms with Crippen LogP contribution in [0.25, 0.3) is 0 Å². The SMILES string of the molecule is Cc1c(C)c(C)c(C(=O)C2OCCC2C)c(C)c1C. The smallest absolute Gasteiger partial charge is 0.192 e. The van der Waals surface area contributed by atoms with Crippen molar-refractivity contribution in [2.24, 2.45) is 5.92 Å². The Labute approximate surface area is 116 Å². The van der Waals surface area contributed by atoms with Gasteiger partial charge in [-0.25, -0.2) is 0 Å². The molecule has 1 fully saturated rings. The second-order valence-corrected chi connectivity index (χ2v) is 5.92. The highest BCUT2D eigenvalue weighted by atomic mass is 16.5. The third-order valence-electron chi connectivity index (χ3n) is 4.89. The number of ether oxygens (including phenoxy) is 1. The highest BCUT2D eigenvalue weighted by molar-refractivity contribution is 6.03. The molecule has 104 valence electrons. The van der Waals surface area contributed by atoms with Crippen molar-refractivity contribution >= 4 is 5.78 Å². The first-order valence-corrected chi connectivity index (χ1v) is 7.09. The van der Waals surface area contributed by atoms with Gasteiger partial charge >= 0.3 is 0 Å². The Morgan fingerprint density at radius 1 is 0.947 bits per heavy atom. The Morgan fingerprint density at radius 3 is 1.84 bits per heavy atom. The Morgan fingerprint density at radius 2 is 1.42 bits per heavy atom. The van der Waals surface area contributed by atoms with Gasteiger partial charge in [0.2, 0.25) is 0 Å². The maximum atomic E-state index is 12.8. The first kappa shape index (κ1) is 14.3. The quantitative estimate of drug-likeness (QED) is 0.755. The zero-order chi connectivity index (χ0) is 14.3. The summed E-state index contributed by atoms with van der Waals surface area (Å²) in [6, 6.07) is 0. The molecule has 0 radical (unpaired) electrons. The van der Waals surface area contributed by atoms with E-state index in [1.165, 1.54) is 16.7 Å². The minimum atomic E-state index is -0.251. The van der Waals surface area contributed by atoms with E-state index in [0.29, 0.717) is 12.5 Å². The van der Waals surface area contributed by atoms with Crippen molar-refractivity contribution in [1.82, 2.24) is 0 Å². The molecule has 1 saturated heterocycles. The molecule has 1 aromatic carbocycles. The largest absolute Gasteiger partial charge is 0.370 e. The lowest BCUT2D eigenvalue weighted by Gasteiger charge is -2.21. The van der Waals surface area contributed by atoms with Crippen molar-refractivity contribution in [3.05, 3.63) is 33.4 Å². The second kappa shape index (κ2) is 5.09. The van der Waals surface area contributed by atoms with Gasteiger partial charge in [-0.05, 0) is 74.8 Å². The Hall–Kier alpha value is -1.15. The number of rotatable bonds is 2. The maximum Gasteiger partial charge on any atom is 0.192 e. The molecular formula is C17H24O2. The Bertz CT molecular complexity index is 500. The highest BCUT2D eigenvalue weighted by Gasteiger charge is 2.33. The van der Waals surface area contributed by atoms with Gasteiger partial charge in [-0.2, -0.15) is 0 Å². The molecule has 0 aromatic heterocycles. The maximum absolute atomic E-state index is 12.8. The Balaban J connectivity index is 2.54. The van der Waals surface area contributed by atoms with Crippen LogP contribution in [0.5, 0.6) is 0 Å². The molecule has 0 bridgehead atoms. The molecule has 2 unspecified atom stereocenters. The van der Waals surface area contributed by atoms with Crippen LogP contribution in [0.1, 0.15) is 51.5 Å². The van der Waals surface area contributed by atoms with E-state index in [0.717, 1.165) is 23.1 Å². The van der Waals surface area contributed by atoms with Crippen LogP contribution in [0.15, 0.2) is 0 Å². The summed E-state index contributed by atoms with van der Waals surface area (Å²) in [4.78, 5) is 12.8. The molecule has 0 amide bonds. The number of Topliss-reactive ketones (excluding diaryl/α,β-unsaturated/α-hetero) is 1. The van der Waals surface area contributed by atoms with Gasteiger partial charge in [0.15, 0.2) is 5.78 Å². The van der Waals surface area contributed by atoms with E-state index in [1.807, 2.05) is 0 Å². The second-order valence-electron chi connectivity index (χ2n) is 5.92. The van der Waals surface area contributed by atoms with Gasteiger partial charge in [0.05, 0.1) is 0 Å². The van der Waals surface area contributed by atoms with E-state index in [-0.39, 0.29) is 11.9 Å². The van der Waals surface area contributed by atoms with Gasteiger partial charge in [0, 0.05) is 12.2 Å². The highest BCUT2D eigenvalue weighted by Crippen LogP contribution is 2.30. The molecule has 2 nitrogen and oxygen atoms in total. The summed E-state index contributed by atoms with van der Waals surface area (Å²) in [6.07, 6.45) is 0.733. The van der Waals surface area contributed by atoms with Gasteiger partial charge in [-0.15, -0.1) is 0 Å². The van der Waals surface area contributed by atoms with Gasteiger partial charge in [-0.1, -0.05) is 6.92 Å². The summed E-state index contributed by atoms with van der Waals surface area (Å²) in [5.41, 5.74) is 6.89. The van der Waals surface area contributed by atoms with E-state index >= 15 is 0 Å². The zero-order valence-corrected chi connectivity index (χ0v) is 12.9. The molecule has 1 aromatic rings. The number of hydrogen-bond acceptors (Lipinski definition) is 2. The summed E-state index contributed by atoms with van der Waals surface area (Å²) in [5, 5.41) is 0. The van der Waals surface area contributed by atoms with Crippen molar-refractivity contribution in [1.29, 1.82) is 0 Å². The van der Waals surface area contributed by atoms with Crippen molar-refractivity contribution < 1.29 is 9.53 Å². The van der Waals surface area contributed by atoms with E-state index in [9.17, 15) is 4.79 Å². The average Bonchev–Trinajstić information content (AvgIpc) is 2.80. The molecule has 0 N–H and O–H groups in total. The molecule has 1 aliphatic heterocycles.